The third-order valence-electron chi connectivity index (χ3n) is 4.14. The highest BCUT2D eigenvalue weighted by atomic mass is 35.5. The van der Waals surface area contributed by atoms with E-state index in [1.807, 2.05) is 30.0 Å². The van der Waals surface area contributed by atoms with E-state index < -0.39 is 0 Å². The number of benzene rings is 1. The summed E-state index contributed by atoms with van der Waals surface area (Å²) in [5.41, 5.74) is 6.71. The third-order valence-corrected chi connectivity index (χ3v) is 4.47. The Kier molecular flexibility index (Phi) is 7.55. The monoisotopic (exact) mass is 391 g/mol. The molecule has 2 aromatic rings. The molecule has 2 N–H and O–H groups in total. The minimum Gasteiger partial charge on any atom is -0.443 e. The molecule has 1 amide bonds. The van der Waals surface area contributed by atoms with Crippen LogP contribution in [0.5, 0.6) is 0 Å². The van der Waals surface area contributed by atoms with Gasteiger partial charge in [0.1, 0.15) is 0 Å². The van der Waals surface area contributed by atoms with Crippen LogP contribution in [0.25, 0.3) is 11.3 Å². The summed E-state index contributed by atoms with van der Waals surface area (Å²) in [6.45, 7) is 3.28. The first-order chi connectivity index (χ1) is 10.6. The number of aromatic nitrogens is 1. The Morgan fingerprint density at radius 1 is 1.42 bits per heavy atom. The van der Waals surface area contributed by atoms with Gasteiger partial charge in [0.2, 0.25) is 0 Å². The maximum atomic E-state index is 12.8. The van der Waals surface area contributed by atoms with Gasteiger partial charge in [0.05, 0.1) is 5.02 Å². The molecule has 1 aromatic heterocycles. The molecule has 0 aliphatic carbocycles. The van der Waals surface area contributed by atoms with Crippen LogP contribution >= 0.6 is 36.4 Å². The first kappa shape index (κ1) is 20.8. The second-order valence-corrected chi connectivity index (χ2v) is 6.06. The Morgan fingerprint density at radius 2 is 2.12 bits per heavy atom. The number of nitrogens with zero attached hydrogens (tertiary/aromatic N) is 2. The maximum absolute atomic E-state index is 12.8. The second-order valence-electron chi connectivity index (χ2n) is 5.65. The van der Waals surface area contributed by atoms with E-state index in [1.165, 1.54) is 6.39 Å². The van der Waals surface area contributed by atoms with Crippen LogP contribution in [0.4, 0.5) is 0 Å². The second kappa shape index (κ2) is 8.72. The van der Waals surface area contributed by atoms with E-state index in [0.717, 1.165) is 6.42 Å². The molecule has 0 spiro atoms. The lowest BCUT2D eigenvalue weighted by Crippen LogP contribution is -2.35. The molecule has 2 unspecified atom stereocenters. The van der Waals surface area contributed by atoms with Crippen LogP contribution in [0.3, 0.4) is 0 Å². The van der Waals surface area contributed by atoms with Gasteiger partial charge in [-0.25, -0.2) is 4.98 Å². The number of likely N-dealkylation sites (tertiary alicyclic amines) is 1. The zero-order valence-corrected chi connectivity index (χ0v) is 15.5. The summed E-state index contributed by atoms with van der Waals surface area (Å²) in [4.78, 5) is 18.7. The van der Waals surface area contributed by atoms with Gasteiger partial charge in [-0.1, -0.05) is 23.7 Å². The SMILES string of the molecule is CC1CC(CN)CN1C(=O)c1ncoc1-c1ccccc1Cl.Cl.Cl. The molecule has 24 heavy (non-hydrogen) atoms. The van der Waals surface area contributed by atoms with E-state index in [2.05, 4.69) is 4.98 Å². The molecule has 1 aromatic carbocycles. The van der Waals surface area contributed by atoms with Gasteiger partial charge in [0.15, 0.2) is 17.8 Å². The summed E-state index contributed by atoms with van der Waals surface area (Å²) in [5.74, 6) is 0.626. The van der Waals surface area contributed by atoms with Crippen LogP contribution in [-0.4, -0.2) is 34.9 Å². The molecule has 8 heteroatoms. The summed E-state index contributed by atoms with van der Waals surface area (Å²) >= 11 is 6.20. The third kappa shape index (κ3) is 3.86. The molecular formula is C16H20Cl3N3O2. The molecule has 5 nitrogen and oxygen atoms in total. The number of hydrogen-bond donors (Lipinski definition) is 1. The number of rotatable bonds is 3. The topological polar surface area (TPSA) is 72.4 Å². The molecule has 0 radical (unpaired) electrons. The highest BCUT2D eigenvalue weighted by Gasteiger charge is 2.34. The highest BCUT2D eigenvalue weighted by Crippen LogP contribution is 2.32. The fraction of sp³-hybridized carbons (Fsp3) is 0.375. The van der Waals surface area contributed by atoms with E-state index in [0.29, 0.717) is 41.0 Å². The van der Waals surface area contributed by atoms with Crippen molar-refractivity contribution in [2.75, 3.05) is 13.1 Å². The van der Waals surface area contributed by atoms with Crippen LogP contribution in [0.2, 0.25) is 5.02 Å². The fourth-order valence-electron chi connectivity index (χ4n) is 2.97. The molecule has 2 atom stereocenters. The van der Waals surface area contributed by atoms with E-state index >= 15 is 0 Å². The Balaban J connectivity index is 0.00000144. The molecule has 0 saturated carbocycles. The zero-order valence-electron chi connectivity index (χ0n) is 13.1. The van der Waals surface area contributed by atoms with Crippen LogP contribution in [-0.2, 0) is 0 Å². The van der Waals surface area contributed by atoms with Crippen molar-refractivity contribution >= 4 is 42.3 Å². The Labute approximate surface area is 158 Å². The summed E-state index contributed by atoms with van der Waals surface area (Å²) in [6.07, 6.45) is 2.20. The average molecular weight is 393 g/mol. The predicted molar refractivity (Wildman–Crippen MR) is 99.1 cm³/mol. The molecule has 0 bridgehead atoms. The van der Waals surface area contributed by atoms with Crippen molar-refractivity contribution in [3.05, 3.63) is 41.4 Å². The van der Waals surface area contributed by atoms with Gasteiger partial charge in [-0.15, -0.1) is 24.8 Å². The number of amides is 1. The number of hydrogen-bond acceptors (Lipinski definition) is 4. The lowest BCUT2D eigenvalue weighted by molar-refractivity contribution is 0.0738. The van der Waals surface area contributed by atoms with Crippen LogP contribution in [0, 0.1) is 5.92 Å². The minimum absolute atomic E-state index is 0. The fourth-order valence-corrected chi connectivity index (χ4v) is 3.19. The standard InChI is InChI=1S/C16H18ClN3O2.2ClH/c1-10-6-11(7-18)8-20(10)16(21)14-15(22-9-19-14)12-4-2-3-5-13(12)17;;/h2-5,9-11H,6-8,18H2,1H3;2*1H. The van der Waals surface area contributed by atoms with Crippen molar-refractivity contribution in [1.82, 2.24) is 9.88 Å². The smallest absolute Gasteiger partial charge is 0.276 e. The predicted octanol–water partition coefficient (Wildman–Crippen LogP) is 3.65. The van der Waals surface area contributed by atoms with E-state index in [4.69, 9.17) is 21.8 Å². The first-order valence-electron chi connectivity index (χ1n) is 7.31. The van der Waals surface area contributed by atoms with E-state index in [9.17, 15) is 4.79 Å². The number of carbonyl (C=O) groups excluding carboxylic acids is 1. The first-order valence-corrected chi connectivity index (χ1v) is 7.69. The molecule has 1 aliphatic rings. The lowest BCUT2D eigenvalue weighted by atomic mass is 10.1. The summed E-state index contributed by atoms with van der Waals surface area (Å²) in [5, 5.41) is 0.530. The van der Waals surface area contributed by atoms with Gasteiger partial charge in [0, 0.05) is 18.2 Å². The average Bonchev–Trinajstić information content (AvgIpc) is 3.13. The van der Waals surface area contributed by atoms with Crippen LogP contribution in [0.15, 0.2) is 35.1 Å². The van der Waals surface area contributed by atoms with Crippen molar-refractivity contribution in [2.45, 2.75) is 19.4 Å². The quantitative estimate of drug-likeness (QED) is 0.865. The van der Waals surface area contributed by atoms with Crippen molar-refractivity contribution in [1.29, 1.82) is 0 Å². The molecular weight excluding hydrogens is 373 g/mol. The number of nitrogens with two attached hydrogens (primary N) is 1. The van der Waals surface area contributed by atoms with E-state index in [1.54, 1.807) is 6.07 Å². The molecule has 1 aliphatic heterocycles. The molecule has 1 fully saturated rings. The summed E-state index contributed by atoms with van der Waals surface area (Å²) in [6, 6.07) is 7.41. The van der Waals surface area contributed by atoms with Gasteiger partial charge in [0.25, 0.3) is 5.91 Å². The van der Waals surface area contributed by atoms with Gasteiger partial charge in [-0.05, 0) is 37.9 Å². The van der Waals surface area contributed by atoms with E-state index in [-0.39, 0.29) is 36.8 Å². The maximum Gasteiger partial charge on any atom is 0.276 e. The van der Waals surface area contributed by atoms with Crippen molar-refractivity contribution in [2.24, 2.45) is 11.7 Å². The van der Waals surface area contributed by atoms with Crippen LogP contribution < -0.4 is 5.73 Å². The Morgan fingerprint density at radius 3 is 2.75 bits per heavy atom. The molecule has 1 saturated heterocycles. The highest BCUT2D eigenvalue weighted by molar-refractivity contribution is 6.33. The summed E-state index contributed by atoms with van der Waals surface area (Å²) < 4.78 is 5.43. The molecule has 132 valence electrons. The van der Waals surface area contributed by atoms with Gasteiger partial charge in [-0.2, -0.15) is 0 Å². The van der Waals surface area contributed by atoms with Crippen molar-refractivity contribution in [3.63, 3.8) is 0 Å². The zero-order chi connectivity index (χ0) is 15.7. The summed E-state index contributed by atoms with van der Waals surface area (Å²) in [7, 11) is 0. The normalized spacial score (nSPS) is 19.5. The minimum atomic E-state index is -0.132. The Bertz CT molecular complexity index is 693. The van der Waals surface area contributed by atoms with Crippen molar-refractivity contribution < 1.29 is 9.21 Å². The van der Waals surface area contributed by atoms with Gasteiger partial charge >= 0.3 is 0 Å². The van der Waals surface area contributed by atoms with Crippen molar-refractivity contribution in [3.8, 4) is 11.3 Å². The van der Waals surface area contributed by atoms with Crippen LogP contribution in [0.1, 0.15) is 23.8 Å². The lowest BCUT2D eigenvalue weighted by Gasteiger charge is -2.20. The largest absolute Gasteiger partial charge is 0.443 e. The number of oxazole rings is 1. The van der Waals surface area contributed by atoms with Gasteiger partial charge < -0.3 is 15.1 Å². The van der Waals surface area contributed by atoms with Gasteiger partial charge in [-0.3, -0.25) is 4.79 Å². The molecule has 2 heterocycles. The Hall–Kier alpha value is -1.27. The number of carbonyl (C=O) groups is 1. The molecule has 3 rings (SSSR count). The number of halogens is 3.